The topological polar surface area (TPSA) is 50.6 Å². The molecule has 1 atom stereocenters. The van der Waals surface area contributed by atoms with E-state index < -0.39 is 0 Å². The van der Waals surface area contributed by atoms with Crippen LogP contribution in [-0.2, 0) is 17.9 Å². The Morgan fingerprint density at radius 2 is 1.64 bits per heavy atom. The maximum atomic E-state index is 13.6. The summed E-state index contributed by atoms with van der Waals surface area (Å²) in [6, 6.07) is 28.0. The van der Waals surface area contributed by atoms with Gasteiger partial charge in [-0.1, -0.05) is 60.7 Å². The molecule has 0 saturated carbocycles. The quantitative estimate of drug-likeness (QED) is 0.452. The van der Waals surface area contributed by atoms with Gasteiger partial charge >= 0.3 is 0 Å². The molecule has 0 radical (unpaired) electrons. The highest BCUT2D eigenvalue weighted by Gasteiger charge is 2.30. The van der Waals surface area contributed by atoms with Crippen molar-refractivity contribution in [3.63, 3.8) is 0 Å². The van der Waals surface area contributed by atoms with Crippen LogP contribution in [0.1, 0.15) is 17.4 Å². The number of imidazole rings is 1. The molecule has 2 heterocycles. The van der Waals surface area contributed by atoms with E-state index in [0.29, 0.717) is 13.2 Å². The highest BCUT2D eigenvalue weighted by molar-refractivity contribution is 5.81. The van der Waals surface area contributed by atoms with Crippen molar-refractivity contribution in [2.45, 2.75) is 19.2 Å². The lowest BCUT2D eigenvalue weighted by Gasteiger charge is -2.40. The van der Waals surface area contributed by atoms with Crippen molar-refractivity contribution in [1.82, 2.24) is 19.4 Å². The third-order valence-electron chi connectivity index (χ3n) is 6.23. The van der Waals surface area contributed by atoms with E-state index in [4.69, 9.17) is 9.72 Å². The van der Waals surface area contributed by atoms with E-state index in [2.05, 4.69) is 24.1 Å². The van der Waals surface area contributed by atoms with Gasteiger partial charge in [0.1, 0.15) is 24.7 Å². The van der Waals surface area contributed by atoms with E-state index >= 15 is 0 Å². The van der Waals surface area contributed by atoms with Crippen LogP contribution in [0.15, 0.2) is 84.9 Å². The van der Waals surface area contributed by atoms with Crippen LogP contribution in [0, 0.1) is 0 Å². The van der Waals surface area contributed by atoms with Crippen molar-refractivity contribution in [1.29, 1.82) is 0 Å². The zero-order valence-electron chi connectivity index (χ0n) is 18.8. The highest BCUT2D eigenvalue weighted by Crippen LogP contribution is 2.26. The normalized spacial score (nSPS) is 16.8. The summed E-state index contributed by atoms with van der Waals surface area (Å²) in [6.45, 7) is 2.93. The molecule has 0 spiro atoms. The van der Waals surface area contributed by atoms with Gasteiger partial charge in [-0.05, 0) is 36.9 Å². The Balaban J connectivity index is 1.42. The van der Waals surface area contributed by atoms with Crippen LogP contribution in [0.2, 0.25) is 0 Å². The van der Waals surface area contributed by atoms with Crippen molar-refractivity contribution < 1.29 is 9.53 Å². The molecular weight excluding hydrogens is 412 g/mol. The number of carbonyl (C=O) groups excluding carboxylic acids is 1. The number of hydrogen-bond acceptors (Lipinski definition) is 4. The zero-order chi connectivity index (χ0) is 22.6. The molecule has 0 bridgehead atoms. The second-order valence-electron chi connectivity index (χ2n) is 8.48. The summed E-state index contributed by atoms with van der Waals surface area (Å²) in [5.41, 5.74) is 2.98. The Hall–Kier alpha value is -3.64. The minimum Gasteiger partial charge on any atom is -0.486 e. The molecule has 0 N–H and O–H groups in total. The lowest BCUT2D eigenvalue weighted by Crippen LogP contribution is -2.50. The van der Waals surface area contributed by atoms with E-state index in [0.717, 1.165) is 35.7 Å². The van der Waals surface area contributed by atoms with Gasteiger partial charge in [0, 0.05) is 19.6 Å². The number of carbonyl (C=O) groups is 1. The maximum absolute atomic E-state index is 13.6. The van der Waals surface area contributed by atoms with Crippen LogP contribution in [0.25, 0.3) is 11.0 Å². The first-order chi connectivity index (χ1) is 16.2. The molecule has 1 amide bonds. The molecule has 33 heavy (non-hydrogen) atoms. The van der Waals surface area contributed by atoms with Crippen molar-refractivity contribution in [3.8, 4) is 5.75 Å². The Morgan fingerprint density at radius 3 is 2.42 bits per heavy atom. The predicted octanol–water partition coefficient (Wildman–Crippen LogP) is 4.13. The molecule has 1 saturated heterocycles. The second kappa shape index (κ2) is 9.46. The SMILES string of the molecule is CN1CCN(C(=O)Cn2c(COc3ccccc3)nc3ccccc32)[C@@H](c2ccccc2)C1. The van der Waals surface area contributed by atoms with Crippen LogP contribution < -0.4 is 4.74 Å². The molecule has 0 unspecified atom stereocenters. The molecule has 1 aromatic heterocycles. The van der Waals surface area contributed by atoms with Gasteiger partial charge in [-0.2, -0.15) is 0 Å². The van der Waals surface area contributed by atoms with E-state index in [1.165, 1.54) is 5.56 Å². The lowest BCUT2D eigenvalue weighted by atomic mass is 10.0. The molecule has 1 aliphatic rings. The van der Waals surface area contributed by atoms with Gasteiger partial charge in [-0.15, -0.1) is 0 Å². The standard InChI is InChI=1S/C27H28N4O2/c1-29-16-17-30(25(18-29)21-10-4-2-5-11-21)27(32)19-31-24-15-9-8-14-23(24)28-26(31)20-33-22-12-6-3-7-13-22/h2-15,25H,16-20H2,1H3/t25-/m1/s1. The van der Waals surface area contributed by atoms with Crippen LogP contribution in [0.5, 0.6) is 5.75 Å². The lowest BCUT2D eigenvalue weighted by molar-refractivity contribution is -0.136. The summed E-state index contributed by atoms with van der Waals surface area (Å²) in [7, 11) is 2.11. The van der Waals surface area contributed by atoms with Gasteiger partial charge < -0.3 is 19.1 Å². The first kappa shape index (κ1) is 21.2. The third kappa shape index (κ3) is 4.61. The number of ether oxygens (including phenoxy) is 1. The van der Waals surface area contributed by atoms with Gasteiger partial charge in [0.2, 0.25) is 5.91 Å². The molecule has 0 aliphatic carbocycles. The monoisotopic (exact) mass is 440 g/mol. The van der Waals surface area contributed by atoms with Gasteiger partial charge in [0.05, 0.1) is 17.1 Å². The smallest absolute Gasteiger partial charge is 0.243 e. The first-order valence-electron chi connectivity index (χ1n) is 11.3. The molecule has 5 rings (SSSR count). The summed E-state index contributed by atoms with van der Waals surface area (Å²) in [4.78, 5) is 22.7. The number of para-hydroxylation sites is 3. The summed E-state index contributed by atoms with van der Waals surface area (Å²) in [6.07, 6.45) is 0. The third-order valence-corrected chi connectivity index (χ3v) is 6.23. The summed E-state index contributed by atoms with van der Waals surface area (Å²) in [5.74, 6) is 1.63. The van der Waals surface area contributed by atoms with Gasteiger partial charge in [0.25, 0.3) is 0 Å². The fourth-order valence-electron chi connectivity index (χ4n) is 4.48. The fraction of sp³-hybridized carbons (Fsp3) is 0.259. The Kier molecular flexibility index (Phi) is 6.09. The van der Waals surface area contributed by atoms with Crippen LogP contribution in [0.4, 0.5) is 0 Å². The largest absolute Gasteiger partial charge is 0.486 e. The zero-order valence-corrected chi connectivity index (χ0v) is 18.8. The molecule has 4 aromatic rings. The Morgan fingerprint density at radius 1 is 0.939 bits per heavy atom. The summed E-state index contributed by atoms with van der Waals surface area (Å²) in [5, 5.41) is 0. The molecule has 1 aliphatic heterocycles. The summed E-state index contributed by atoms with van der Waals surface area (Å²) >= 11 is 0. The molecule has 6 heteroatoms. The average Bonchev–Trinajstić information content (AvgIpc) is 3.21. The number of fused-ring (bicyclic) bond motifs is 1. The highest BCUT2D eigenvalue weighted by atomic mass is 16.5. The van der Waals surface area contributed by atoms with E-state index in [1.54, 1.807) is 0 Å². The first-order valence-corrected chi connectivity index (χ1v) is 11.3. The fourth-order valence-corrected chi connectivity index (χ4v) is 4.48. The maximum Gasteiger partial charge on any atom is 0.243 e. The second-order valence-corrected chi connectivity index (χ2v) is 8.48. The van der Waals surface area contributed by atoms with E-state index in [1.807, 2.05) is 82.3 Å². The molecule has 6 nitrogen and oxygen atoms in total. The molecule has 3 aromatic carbocycles. The number of amides is 1. The number of nitrogens with zero attached hydrogens (tertiary/aromatic N) is 4. The molecule has 168 valence electrons. The molecular formula is C27H28N4O2. The van der Waals surface area contributed by atoms with E-state index in [-0.39, 0.29) is 18.5 Å². The number of likely N-dealkylation sites (N-methyl/N-ethyl adjacent to an activating group) is 1. The Labute approximate surface area is 194 Å². The van der Waals surface area contributed by atoms with Crippen LogP contribution in [0.3, 0.4) is 0 Å². The number of rotatable bonds is 6. The average molecular weight is 441 g/mol. The number of aromatic nitrogens is 2. The number of hydrogen-bond donors (Lipinski definition) is 0. The van der Waals surface area contributed by atoms with Crippen LogP contribution >= 0.6 is 0 Å². The van der Waals surface area contributed by atoms with Crippen LogP contribution in [-0.4, -0.2) is 51.9 Å². The number of benzene rings is 3. The van der Waals surface area contributed by atoms with Gasteiger partial charge in [-0.25, -0.2) is 4.98 Å². The molecule has 1 fully saturated rings. The van der Waals surface area contributed by atoms with E-state index in [9.17, 15) is 4.79 Å². The Bertz CT molecular complexity index is 1220. The predicted molar refractivity (Wildman–Crippen MR) is 129 cm³/mol. The van der Waals surface area contributed by atoms with Crippen molar-refractivity contribution in [2.24, 2.45) is 0 Å². The van der Waals surface area contributed by atoms with Gasteiger partial charge in [0.15, 0.2) is 0 Å². The van der Waals surface area contributed by atoms with Crippen molar-refractivity contribution >= 4 is 16.9 Å². The van der Waals surface area contributed by atoms with Crippen molar-refractivity contribution in [3.05, 3.63) is 96.3 Å². The van der Waals surface area contributed by atoms with Gasteiger partial charge in [-0.3, -0.25) is 4.79 Å². The minimum absolute atomic E-state index is 0.0382. The minimum atomic E-state index is 0.0382. The van der Waals surface area contributed by atoms with Crippen molar-refractivity contribution in [2.75, 3.05) is 26.7 Å². The number of piperazine rings is 1. The summed E-state index contributed by atoms with van der Waals surface area (Å²) < 4.78 is 7.98.